The van der Waals surface area contributed by atoms with Gasteiger partial charge in [0.05, 0.1) is 5.56 Å². The van der Waals surface area contributed by atoms with Gasteiger partial charge in [0.1, 0.15) is 11.9 Å². The Hall–Kier alpha value is -2.70. The summed E-state index contributed by atoms with van der Waals surface area (Å²) in [5.41, 5.74) is -0.259. The highest BCUT2D eigenvalue weighted by Gasteiger charge is 2.21. The van der Waals surface area contributed by atoms with E-state index in [1.807, 2.05) is 6.92 Å². The van der Waals surface area contributed by atoms with Crippen molar-refractivity contribution in [1.29, 1.82) is 0 Å². The van der Waals surface area contributed by atoms with Crippen LogP contribution in [0.15, 0.2) is 29.1 Å². The molecule has 0 saturated carbocycles. The fourth-order valence-electron chi connectivity index (χ4n) is 2.32. The molecule has 1 atom stereocenters. The van der Waals surface area contributed by atoms with Gasteiger partial charge in [0.15, 0.2) is 0 Å². The molecule has 6 nitrogen and oxygen atoms in total. The predicted octanol–water partition coefficient (Wildman–Crippen LogP) is 2.04. The molecular weight excluding hydrogens is 303 g/mol. The van der Waals surface area contributed by atoms with Gasteiger partial charge in [0, 0.05) is 17.0 Å². The number of aromatic nitrogens is 1. The Morgan fingerprint density at radius 1 is 1.35 bits per heavy atom. The number of fused-ring (bicyclic) bond motifs is 1. The van der Waals surface area contributed by atoms with Crippen molar-refractivity contribution >= 4 is 22.8 Å². The molecule has 3 N–H and O–H groups in total. The molecule has 0 saturated heterocycles. The Labute approximate surface area is 131 Å². The highest BCUT2D eigenvalue weighted by Crippen LogP contribution is 2.17. The first kappa shape index (κ1) is 16.7. The van der Waals surface area contributed by atoms with Gasteiger partial charge >= 0.3 is 5.97 Å². The fraction of sp³-hybridized carbons (Fsp3) is 0.312. The third-order valence-corrected chi connectivity index (χ3v) is 3.50. The van der Waals surface area contributed by atoms with Crippen molar-refractivity contribution in [3.8, 4) is 0 Å². The lowest BCUT2D eigenvalue weighted by Crippen LogP contribution is -2.41. The highest BCUT2D eigenvalue weighted by atomic mass is 19.1. The van der Waals surface area contributed by atoms with Crippen LogP contribution in [0.2, 0.25) is 0 Å². The van der Waals surface area contributed by atoms with E-state index in [9.17, 15) is 18.8 Å². The van der Waals surface area contributed by atoms with Gasteiger partial charge in [-0.3, -0.25) is 9.59 Å². The number of hydrogen-bond acceptors (Lipinski definition) is 3. The van der Waals surface area contributed by atoms with Crippen molar-refractivity contribution in [2.75, 3.05) is 0 Å². The topological polar surface area (TPSA) is 99.3 Å². The largest absolute Gasteiger partial charge is 0.480 e. The van der Waals surface area contributed by atoms with Crippen LogP contribution in [0.1, 0.15) is 36.5 Å². The van der Waals surface area contributed by atoms with Crippen LogP contribution < -0.4 is 10.9 Å². The summed E-state index contributed by atoms with van der Waals surface area (Å²) in [6, 6.07) is 3.64. The molecule has 0 bridgehead atoms. The van der Waals surface area contributed by atoms with E-state index >= 15 is 0 Å². The van der Waals surface area contributed by atoms with Crippen molar-refractivity contribution in [2.45, 2.75) is 32.2 Å². The standard InChI is InChI=1S/C16H17FN2O4/c1-2-3-4-13(16(22)23)19-15(21)11-8-14(20)18-12-6-5-9(17)7-10(11)12/h5-8,13H,2-4H2,1H3,(H,18,20)(H,19,21)(H,22,23). The number of carboxylic acid groups (broad SMARTS) is 1. The van der Waals surface area contributed by atoms with E-state index in [1.54, 1.807) is 0 Å². The van der Waals surface area contributed by atoms with E-state index < -0.39 is 29.3 Å². The molecule has 1 unspecified atom stereocenters. The lowest BCUT2D eigenvalue weighted by Gasteiger charge is -2.15. The van der Waals surface area contributed by atoms with Crippen LogP contribution in [0.25, 0.3) is 10.9 Å². The molecular formula is C16H17FN2O4. The minimum absolute atomic E-state index is 0.0500. The molecule has 0 aliphatic carbocycles. The minimum atomic E-state index is -1.15. The molecule has 23 heavy (non-hydrogen) atoms. The molecule has 0 spiro atoms. The second-order valence-electron chi connectivity index (χ2n) is 5.24. The van der Waals surface area contributed by atoms with Crippen molar-refractivity contribution in [3.63, 3.8) is 0 Å². The average Bonchev–Trinajstić information content (AvgIpc) is 2.50. The van der Waals surface area contributed by atoms with Crippen molar-refractivity contribution in [1.82, 2.24) is 10.3 Å². The number of pyridine rings is 1. The van der Waals surface area contributed by atoms with Crippen molar-refractivity contribution in [3.05, 3.63) is 46.0 Å². The molecule has 2 rings (SSSR count). The van der Waals surface area contributed by atoms with Crippen LogP contribution >= 0.6 is 0 Å². The first-order chi connectivity index (χ1) is 10.9. The number of rotatable bonds is 6. The van der Waals surface area contributed by atoms with E-state index in [2.05, 4.69) is 10.3 Å². The van der Waals surface area contributed by atoms with E-state index in [1.165, 1.54) is 12.1 Å². The van der Waals surface area contributed by atoms with Gasteiger partial charge in [0.25, 0.3) is 5.91 Å². The number of carbonyl (C=O) groups excluding carboxylic acids is 1. The molecule has 1 heterocycles. The van der Waals surface area contributed by atoms with E-state index in [4.69, 9.17) is 5.11 Å². The number of carboxylic acids is 1. The van der Waals surface area contributed by atoms with Gasteiger partial charge in [-0.25, -0.2) is 9.18 Å². The second-order valence-corrected chi connectivity index (χ2v) is 5.24. The Morgan fingerprint density at radius 3 is 2.74 bits per heavy atom. The molecule has 122 valence electrons. The quantitative estimate of drug-likeness (QED) is 0.758. The van der Waals surface area contributed by atoms with E-state index in [0.717, 1.165) is 18.6 Å². The van der Waals surface area contributed by atoms with E-state index in [-0.39, 0.29) is 17.4 Å². The monoisotopic (exact) mass is 320 g/mol. The molecule has 0 fully saturated rings. The Balaban J connectivity index is 2.38. The molecule has 0 aliphatic rings. The zero-order valence-corrected chi connectivity index (χ0v) is 12.6. The number of aromatic amines is 1. The molecule has 1 aromatic carbocycles. The first-order valence-corrected chi connectivity index (χ1v) is 7.28. The van der Waals surface area contributed by atoms with Crippen LogP contribution in [-0.2, 0) is 4.79 Å². The zero-order chi connectivity index (χ0) is 17.0. The second kappa shape index (κ2) is 7.04. The van der Waals surface area contributed by atoms with Crippen molar-refractivity contribution in [2.24, 2.45) is 0 Å². The first-order valence-electron chi connectivity index (χ1n) is 7.28. The molecule has 0 aliphatic heterocycles. The summed E-state index contributed by atoms with van der Waals surface area (Å²) in [4.78, 5) is 37.7. The maximum absolute atomic E-state index is 13.4. The van der Waals surface area contributed by atoms with Crippen LogP contribution in [0.3, 0.4) is 0 Å². The van der Waals surface area contributed by atoms with Crippen LogP contribution in [-0.4, -0.2) is 28.0 Å². The van der Waals surface area contributed by atoms with Crippen LogP contribution in [0.4, 0.5) is 4.39 Å². The summed E-state index contributed by atoms with van der Waals surface area (Å²) in [6.07, 6.45) is 1.72. The number of amides is 1. The molecule has 7 heteroatoms. The average molecular weight is 320 g/mol. The van der Waals surface area contributed by atoms with Gasteiger partial charge in [-0.15, -0.1) is 0 Å². The summed E-state index contributed by atoms with van der Waals surface area (Å²) < 4.78 is 13.4. The van der Waals surface area contributed by atoms with Gasteiger partial charge < -0.3 is 15.4 Å². The van der Waals surface area contributed by atoms with Crippen LogP contribution in [0, 0.1) is 5.82 Å². The summed E-state index contributed by atoms with van der Waals surface area (Å²) >= 11 is 0. The van der Waals surface area contributed by atoms with Crippen molar-refractivity contribution < 1.29 is 19.1 Å². The molecule has 1 amide bonds. The minimum Gasteiger partial charge on any atom is -0.480 e. The summed E-state index contributed by atoms with van der Waals surface area (Å²) in [7, 11) is 0. The number of aliphatic carboxylic acids is 1. The summed E-state index contributed by atoms with van der Waals surface area (Å²) in [6.45, 7) is 1.91. The lowest BCUT2D eigenvalue weighted by atomic mass is 10.1. The third kappa shape index (κ3) is 3.94. The van der Waals surface area contributed by atoms with E-state index in [0.29, 0.717) is 11.9 Å². The number of nitrogens with one attached hydrogen (secondary N) is 2. The highest BCUT2D eigenvalue weighted by molar-refractivity contribution is 6.06. The Morgan fingerprint density at radius 2 is 2.09 bits per heavy atom. The SMILES string of the molecule is CCCCC(NC(=O)c1cc(=O)[nH]c2ccc(F)cc12)C(=O)O. The lowest BCUT2D eigenvalue weighted by molar-refractivity contribution is -0.139. The number of unbranched alkanes of at least 4 members (excludes halogenated alkanes) is 1. The van der Waals surface area contributed by atoms with Gasteiger partial charge in [0.2, 0.25) is 5.56 Å². The summed E-state index contributed by atoms with van der Waals surface area (Å²) in [5.74, 6) is -2.42. The number of halogens is 1. The number of hydrogen-bond donors (Lipinski definition) is 3. The number of benzene rings is 1. The Bertz CT molecular complexity index is 800. The van der Waals surface area contributed by atoms with Crippen LogP contribution in [0.5, 0.6) is 0 Å². The smallest absolute Gasteiger partial charge is 0.326 e. The van der Waals surface area contributed by atoms with Gasteiger partial charge in [-0.2, -0.15) is 0 Å². The number of carbonyl (C=O) groups is 2. The zero-order valence-electron chi connectivity index (χ0n) is 12.6. The van der Waals surface area contributed by atoms with Gasteiger partial charge in [-0.1, -0.05) is 19.8 Å². The normalized spacial score (nSPS) is 12.1. The molecule has 2 aromatic rings. The summed E-state index contributed by atoms with van der Waals surface area (Å²) in [5, 5.41) is 11.8. The van der Waals surface area contributed by atoms with Gasteiger partial charge in [-0.05, 0) is 24.6 Å². The number of H-pyrrole nitrogens is 1. The maximum atomic E-state index is 13.4. The maximum Gasteiger partial charge on any atom is 0.326 e. The predicted molar refractivity (Wildman–Crippen MR) is 82.9 cm³/mol. The molecule has 1 aromatic heterocycles. The molecule has 0 radical (unpaired) electrons. The Kier molecular flexibility index (Phi) is 5.10. The third-order valence-electron chi connectivity index (χ3n) is 3.50. The fourth-order valence-corrected chi connectivity index (χ4v) is 2.32.